The zero-order valence-electron chi connectivity index (χ0n) is 8.76. The predicted molar refractivity (Wildman–Crippen MR) is 60.6 cm³/mol. The number of carbonyl (C=O) groups is 2. The van der Waals surface area contributed by atoms with Crippen LogP contribution < -0.4 is 0 Å². The van der Waals surface area contributed by atoms with Crippen molar-refractivity contribution in [2.75, 3.05) is 0 Å². The summed E-state index contributed by atoms with van der Waals surface area (Å²) in [4.78, 5) is 19.8. The summed E-state index contributed by atoms with van der Waals surface area (Å²) in [5.74, 6) is -1.16. The van der Waals surface area contributed by atoms with Crippen LogP contribution in [0.5, 0.6) is 0 Å². The minimum absolute atomic E-state index is 0.579. The molecule has 0 aliphatic carbocycles. The largest absolute Gasteiger partial charge is 0.387 e. The summed E-state index contributed by atoms with van der Waals surface area (Å²) in [5, 5.41) is 0. The molecule has 0 saturated heterocycles. The molecule has 82 valence electrons. The van der Waals surface area contributed by atoms with E-state index in [0.29, 0.717) is 0 Å². The van der Waals surface area contributed by atoms with E-state index in [4.69, 9.17) is 0 Å². The summed E-state index contributed by atoms with van der Waals surface area (Å²) in [7, 11) is 0. The maximum Gasteiger partial charge on any atom is 0.338 e. The van der Waals surface area contributed by atoms with Crippen molar-refractivity contribution in [1.29, 1.82) is 0 Å². The van der Waals surface area contributed by atoms with Crippen LogP contribution in [0.2, 0.25) is 0 Å². The van der Waals surface area contributed by atoms with E-state index in [2.05, 4.69) is 23.4 Å². The zero-order chi connectivity index (χ0) is 11.8. The Morgan fingerprint density at radius 2 is 1.62 bits per heavy atom. The summed E-state index contributed by atoms with van der Waals surface area (Å²) >= 11 is 0. The van der Waals surface area contributed by atoms with Gasteiger partial charge in [0, 0.05) is 12.2 Å². The van der Waals surface area contributed by atoms with Crippen LogP contribution in [0.25, 0.3) is 0 Å². The maximum absolute atomic E-state index is 9.92. The first-order chi connectivity index (χ1) is 7.72. The molecule has 0 saturated carbocycles. The van der Waals surface area contributed by atoms with Gasteiger partial charge in [-0.3, -0.25) is 0 Å². The van der Waals surface area contributed by atoms with Crippen molar-refractivity contribution >= 4 is 11.9 Å². The van der Waals surface area contributed by atoms with Gasteiger partial charge in [0.25, 0.3) is 0 Å². The van der Waals surface area contributed by atoms with Gasteiger partial charge in [0.1, 0.15) is 0 Å². The molecule has 0 spiro atoms. The number of hydrogen-bond acceptors (Lipinski definition) is 3. The molecular weight excluding hydrogens is 204 g/mol. The van der Waals surface area contributed by atoms with Crippen LogP contribution in [0, 0.1) is 0 Å². The summed E-state index contributed by atoms with van der Waals surface area (Å²) in [6.07, 6.45) is 5.06. The lowest BCUT2D eigenvalue weighted by molar-refractivity contribution is -0.150. The van der Waals surface area contributed by atoms with E-state index in [0.717, 1.165) is 18.6 Å². The number of cyclic esters (lactones) is 2. The summed E-state index contributed by atoms with van der Waals surface area (Å²) in [6, 6.07) is 10.3. The van der Waals surface area contributed by atoms with Crippen LogP contribution >= 0.6 is 0 Å². The number of hydrogen-bond donors (Lipinski definition) is 0. The molecule has 0 unspecified atom stereocenters. The highest BCUT2D eigenvalue weighted by atomic mass is 16.6. The van der Waals surface area contributed by atoms with Crippen LogP contribution in [-0.2, 0) is 20.7 Å². The summed E-state index contributed by atoms with van der Waals surface area (Å²) in [6.45, 7) is 3.66. The summed E-state index contributed by atoms with van der Waals surface area (Å²) in [5.41, 5.74) is 1.33. The van der Waals surface area contributed by atoms with E-state index in [1.54, 1.807) is 0 Å². The number of carbonyl (C=O) groups excluding carboxylic acids is 2. The van der Waals surface area contributed by atoms with Gasteiger partial charge in [0.2, 0.25) is 0 Å². The Morgan fingerprint density at radius 1 is 1.06 bits per heavy atom. The first-order valence-electron chi connectivity index (χ1n) is 4.81. The van der Waals surface area contributed by atoms with E-state index in [-0.39, 0.29) is 0 Å². The van der Waals surface area contributed by atoms with Crippen LogP contribution in [0.15, 0.2) is 55.1 Å². The van der Waals surface area contributed by atoms with Gasteiger partial charge in [-0.05, 0) is 12.0 Å². The quantitative estimate of drug-likeness (QED) is 0.431. The molecule has 3 heteroatoms. The van der Waals surface area contributed by atoms with Gasteiger partial charge < -0.3 is 4.74 Å². The summed E-state index contributed by atoms with van der Waals surface area (Å²) < 4.78 is 3.97. The predicted octanol–water partition coefficient (Wildman–Crippen LogP) is 2.04. The minimum Gasteiger partial charge on any atom is -0.387 e. The third-order valence-corrected chi connectivity index (χ3v) is 1.78. The first-order valence-corrected chi connectivity index (χ1v) is 4.81. The molecule has 1 aromatic carbocycles. The van der Waals surface area contributed by atoms with Crippen LogP contribution in [0.3, 0.4) is 0 Å². The van der Waals surface area contributed by atoms with Gasteiger partial charge in [-0.15, -0.1) is 6.58 Å². The normalized spacial score (nSPS) is 12.8. The molecule has 2 rings (SSSR count). The van der Waals surface area contributed by atoms with Gasteiger partial charge in [-0.25, -0.2) is 9.59 Å². The standard InChI is InChI=1S/C9H10.C4H2O3/c1-2-6-9-7-4-3-5-8-9;5-3-1-2-4(6)7-3/h2-5,7-8H,1,6H2;1-2H. The van der Waals surface area contributed by atoms with Crippen molar-refractivity contribution in [3.63, 3.8) is 0 Å². The van der Waals surface area contributed by atoms with Crippen molar-refractivity contribution in [3.05, 3.63) is 60.7 Å². The van der Waals surface area contributed by atoms with Crippen molar-refractivity contribution in [1.82, 2.24) is 0 Å². The van der Waals surface area contributed by atoms with E-state index in [1.165, 1.54) is 5.56 Å². The molecule has 0 amide bonds. The van der Waals surface area contributed by atoms with Crippen LogP contribution in [0.1, 0.15) is 5.56 Å². The van der Waals surface area contributed by atoms with Crippen molar-refractivity contribution < 1.29 is 14.3 Å². The Morgan fingerprint density at radius 3 is 2.00 bits per heavy atom. The Kier molecular flexibility index (Phi) is 4.73. The second-order valence-electron chi connectivity index (χ2n) is 3.05. The van der Waals surface area contributed by atoms with Crippen LogP contribution in [-0.4, -0.2) is 11.9 Å². The topological polar surface area (TPSA) is 43.4 Å². The molecule has 0 radical (unpaired) electrons. The molecule has 1 aliphatic rings. The van der Waals surface area contributed by atoms with Gasteiger partial charge >= 0.3 is 11.9 Å². The lowest BCUT2D eigenvalue weighted by atomic mass is 10.2. The highest BCUT2D eigenvalue weighted by Crippen LogP contribution is 1.98. The zero-order valence-corrected chi connectivity index (χ0v) is 8.76. The van der Waals surface area contributed by atoms with Crippen molar-refractivity contribution in [2.45, 2.75) is 6.42 Å². The van der Waals surface area contributed by atoms with E-state index in [9.17, 15) is 9.59 Å². The van der Waals surface area contributed by atoms with Crippen molar-refractivity contribution in [3.8, 4) is 0 Å². The lowest BCUT2D eigenvalue weighted by Crippen LogP contribution is -1.96. The number of allylic oxidation sites excluding steroid dienone is 1. The molecule has 0 N–H and O–H groups in total. The average Bonchev–Trinajstić information content (AvgIpc) is 2.65. The first kappa shape index (κ1) is 11.9. The fourth-order valence-electron chi connectivity index (χ4n) is 1.08. The molecule has 0 bridgehead atoms. The molecule has 16 heavy (non-hydrogen) atoms. The second kappa shape index (κ2) is 6.35. The monoisotopic (exact) mass is 216 g/mol. The SMILES string of the molecule is C=CCc1ccccc1.O=C1C=CC(=O)O1. The third-order valence-electron chi connectivity index (χ3n) is 1.78. The molecule has 0 fully saturated rings. The van der Waals surface area contributed by atoms with Gasteiger partial charge in [0.05, 0.1) is 0 Å². The second-order valence-corrected chi connectivity index (χ2v) is 3.05. The Hall–Kier alpha value is -2.16. The number of benzene rings is 1. The number of rotatable bonds is 2. The molecule has 0 aromatic heterocycles. The van der Waals surface area contributed by atoms with Gasteiger partial charge in [-0.2, -0.15) is 0 Å². The fraction of sp³-hybridized carbons (Fsp3) is 0.0769. The molecule has 1 heterocycles. The Bertz CT molecular complexity index is 388. The molecule has 1 aromatic rings. The van der Waals surface area contributed by atoms with E-state index in [1.807, 2.05) is 24.3 Å². The van der Waals surface area contributed by atoms with Gasteiger partial charge in [0.15, 0.2) is 0 Å². The average molecular weight is 216 g/mol. The number of esters is 2. The van der Waals surface area contributed by atoms with Crippen LogP contribution in [0.4, 0.5) is 0 Å². The van der Waals surface area contributed by atoms with E-state index >= 15 is 0 Å². The maximum atomic E-state index is 9.92. The highest BCUT2D eigenvalue weighted by molar-refractivity contribution is 6.04. The Labute approximate surface area is 94.0 Å². The molecular formula is C13H12O3. The molecule has 3 nitrogen and oxygen atoms in total. The Balaban J connectivity index is 0.000000165. The fourth-order valence-corrected chi connectivity index (χ4v) is 1.08. The molecule has 0 atom stereocenters. The van der Waals surface area contributed by atoms with Crippen molar-refractivity contribution in [2.24, 2.45) is 0 Å². The highest BCUT2D eigenvalue weighted by Gasteiger charge is 2.10. The minimum atomic E-state index is -0.579. The lowest BCUT2D eigenvalue weighted by Gasteiger charge is -1.91. The number of ether oxygens (including phenoxy) is 1. The smallest absolute Gasteiger partial charge is 0.338 e. The van der Waals surface area contributed by atoms with Gasteiger partial charge in [-0.1, -0.05) is 36.4 Å². The third kappa shape index (κ3) is 4.37. The molecule has 1 aliphatic heterocycles. The van der Waals surface area contributed by atoms with E-state index < -0.39 is 11.9 Å².